The maximum atomic E-state index is 5.79. The van der Waals surface area contributed by atoms with Gasteiger partial charge in [0.1, 0.15) is 5.75 Å². The predicted molar refractivity (Wildman–Crippen MR) is 90.9 cm³/mol. The maximum Gasteiger partial charge on any atom is 0.121 e. The number of anilines is 1. The molecule has 0 aromatic heterocycles. The van der Waals surface area contributed by atoms with E-state index in [2.05, 4.69) is 49.2 Å². The Balaban J connectivity index is 0.00000180. The van der Waals surface area contributed by atoms with E-state index in [0.29, 0.717) is 12.0 Å². The first-order valence-corrected chi connectivity index (χ1v) is 6.87. The average molecular weight is 321 g/mol. The second-order valence-electron chi connectivity index (χ2n) is 5.45. The van der Waals surface area contributed by atoms with E-state index in [1.54, 1.807) is 0 Å². The fourth-order valence-corrected chi connectivity index (χ4v) is 2.24. The van der Waals surface area contributed by atoms with E-state index in [-0.39, 0.29) is 24.8 Å². The lowest BCUT2D eigenvalue weighted by Gasteiger charge is -2.36. The fourth-order valence-electron chi connectivity index (χ4n) is 2.24. The maximum absolute atomic E-state index is 5.79. The molecule has 0 radical (unpaired) electrons. The van der Waals surface area contributed by atoms with E-state index in [0.717, 1.165) is 32.0 Å². The van der Waals surface area contributed by atoms with Crippen LogP contribution in [0.3, 0.4) is 0 Å². The standard InChI is InChI=1S/C15H24N2O.2ClH/c1-12(2)11-18-15-6-4-5-14(9-15)17-8-7-16-10-13(17)3;;/h4-6,9,12-13,16H,7-8,10-11H2,1-3H3;2*1H/t13-;;/m1../s1. The number of nitrogens with zero attached hydrogens (tertiary/aromatic N) is 1. The molecule has 2 rings (SSSR count). The molecule has 1 aromatic rings. The van der Waals surface area contributed by atoms with Gasteiger partial charge < -0.3 is 15.0 Å². The highest BCUT2D eigenvalue weighted by molar-refractivity contribution is 5.85. The summed E-state index contributed by atoms with van der Waals surface area (Å²) in [7, 11) is 0. The van der Waals surface area contributed by atoms with Crippen molar-refractivity contribution in [2.75, 3.05) is 31.1 Å². The van der Waals surface area contributed by atoms with Crippen LogP contribution in [0, 0.1) is 5.92 Å². The summed E-state index contributed by atoms with van der Waals surface area (Å²) in [5.74, 6) is 1.54. The Kier molecular flexibility index (Phi) is 9.03. The van der Waals surface area contributed by atoms with Crippen LogP contribution < -0.4 is 15.0 Å². The Bertz CT molecular complexity index is 388. The minimum Gasteiger partial charge on any atom is -0.493 e. The molecule has 0 spiro atoms. The van der Waals surface area contributed by atoms with Gasteiger partial charge in [0, 0.05) is 37.4 Å². The van der Waals surface area contributed by atoms with Crippen LogP contribution in [0.25, 0.3) is 0 Å². The molecule has 1 aliphatic rings. The zero-order valence-electron chi connectivity index (χ0n) is 12.5. The molecule has 1 heterocycles. The lowest BCUT2D eigenvalue weighted by Crippen LogP contribution is -2.49. The summed E-state index contributed by atoms with van der Waals surface area (Å²) in [6.45, 7) is 10.5. The summed E-state index contributed by atoms with van der Waals surface area (Å²) in [5.41, 5.74) is 1.27. The van der Waals surface area contributed by atoms with Gasteiger partial charge in [0.25, 0.3) is 0 Å². The van der Waals surface area contributed by atoms with Crippen molar-refractivity contribution in [3.63, 3.8) is 0 Å². The highest BCUT2D eigenvalue weighted by Gasteiger charge is 2.18. The zero-order chi connectivity index (χ0) is 13.0. The minimum absolute atomic E-state index is 0. The molecule has 0 saturated carbocycles. The third kappa shape index (κ3) is 5.39. The number of hydrogen-bond donors (Lipinski definition) is 1. The third-order valence-corrected chi connectivity index (χ3v) is 3.23. The van der Waals surface area contributed by atoms with Crippen molar-refractivity contribution in [1.29, 1.82) is 0 Å². The summed E-state index contributed by atoms with van der Waals surface area (Å²) in [6.07, 6.45) is 0. The molecule has 1 N–H and O–H groups in total. The molecule has 0 unspecified atom stereocenters. The monoisotopic (exact) mass is 320 g/mol. The van der Waals surface area contributed by atoms with Crippen molar-refractivity contribution in [2.24, 2.45) is 5.92 Å². The van der Waals surface area contributed by atoms with E-state index < -0.39 is 0 Å². The van der Waals surface area contributed by atoms with E-state index in [1.807, 2.05) is 6.07 Å². The predicted octanol–water partition coefficient (Wildman–Crippen LogP) is 3.36. The van der Waals surface area contributed by atoms with Crippen LogP contribution in [0.4, 0.5) is 5.69 Å². The average Bonchev–Trinajstić information content (AvgIpc) is 2.37. The molecule has 0 aliphatic carbocycles. The van der Waals surface area contributed by atoms with Crippen LogP contribution in [0.2, 0.25) is 0 Å². The first-order valence-electron chi connectivity index (χ1n) is 6.87. The number of piperazine rings is 1. The van der Waals surface area contributed by atoms with Gasteiger partial charge in [0.05, 0.1) is 6.61 Å². The molecule has 20 heavy (non-hydrogen) atoms. The molecular formula is C15H26Cl2N2O. The smallest absolute Gasteiger partial charge is 0.121 e. The van der Waals surface area contributed by atoms with Crippen LogP contribution in [0.15, 0.2) is 24.3 Å². The second-order valence-corrected chi connectivity index (χ2v) is 5.45. The number of rotatable bonds is 4. The molecule has 1 aliphatic heterocycles. The quantitative estimate of drug-likeness (QED) is 0.920. The van der Waals surface area contributed by atoms with E-state index in [4.69, 9.17) is 4.74 Å². The van der Waals surface area contributed by atoms with Crippen LogP contribution in [-0.4, -0.2) is 32.3 Å². The van der Waals surface area contributed by atoms with Gasteiger partial charge in [-0.2, -0.15) is 0 Å². The van der Waals surface area contributed by atoms with Gasteiger partial charge >= 0.3 is 0 Å². The summed E-state index contributed by atoms with van der Waals surface area (Å²) in [4.78, 5) is 2.44. The Hall–Kier alpha value is -0.640. The van der Waals surface area contributed by atoms with Crippen LogP contribution >= 0.6 is 24.8 Å². The molecular weight excluding hydrogens is 295 g/mol. The Morgan fingerprint density at radius 3 is 2.75 bits per heavy atom. The summed E-state index contributed by atoms with van der Waals surface area (Å²) < 4.78 is 5.79. The van der Waals surface area contributed by atoms with Crippen molar-refractivity contribution in [3.8, 4) is 5.75 Å². The van der Waals surface area contributed by atoms with Gasteiger partial charge in [-0.1, -0.05) is 19.9 Å². The largest absolute Gasteiger partial charge is 0.493 e. The van der Waals surface area contributed by atoms with E-state index in [9.17, 15) is 0 Å². The summed E-state index contributed by atoms with van der Waals surface area (Å²) >= 11 is 0. The lowest BCUT2D eigenvalue weighted by atomic mass is 10.1. The lowest BCUT2D eigenvalue weighted by molar-refractivity contribution is 0.271. The molecule has 5 heteroatoms. The van der Waals surface area contributed by atoms with Crippen LogP contribution in [-0.2, 0) is 0 Å². The van der Waals surface area contributed by atoms with Crippen molar-refractivity contribution in [1.82, 2.24) is 5.32 Å². The molecule has 1 fully saturated rings. The zero-order valence-corrected chi connectivity index (χ0v) is 14.1. The van der Waals surface area contributed by atoms with Crippen LogP contribution in [0.5, 0.6) is 5.75 Å². The SMILES string of the molecule is CC(C)COc1cccc(N2CCNC[C@H]2C)c1.Cl.Cl. The van der Waals surface area contributed by atoms with Gasteiger partial charge in [-0.15, -0.1) is 24.8 Å². The third-order valence-electron chi connectivity index (χ3n) is 3.23. The number of ether oxygens (including phenoxy) is 1. The Morgan fingerprint density at radius 1 is 1.35 bits per heavy atom. The van der Waals surface area contributed by atoms with Crippen LogP contribution in [0.1, 0.15) is 20.8 Å². The number of halogens is 2. The van der Waals surface area contributed by atoms with Gasteiger partial charge in [-0.3, -0.25) is 0 Å². The van der Waals surface area contributed by atoms with Gasteiger partial charge in [0.2, 0.25) is 0 Å². The normalized spacial score (nSPS) is 18.2. The molecule has 0 bridgehead atoms. The van der Waals surface area contributed by atoms with Crippen molar-refractivity contribution in [2.45, 2.75) is 26.8 Å². The fraction of sp³-hybridized carbons (Fsp3) is 0.600. The minimum atomic E-state index is 0. The molecule has 1 aromatic carbocycles. The van der Waals surface area contributed by atoms with E-state index >= 15 is 0 Å². The first kappa shape index (κ1) is 19.4. The molecule has 1 atom stereocenters. The van der Waals surface area contributed by atoms with E-state index in [1.165, 1.54) is 5.69 Å². The van der Waals surface area contributed by atoms with Gasteiger partial charge in [0.15, 0.2) is 0 Å². The number of hydrogen-bond acceptors (Lipinski definition) is 3. The van der Waals surface area contributed by atoms with Gasteiger partial charge in [-0.05, 0) is 25.0 Å². The molecule has 3 nitrogen and oxygen atoms in total. The Labute approximate surface area is 134 Å². The van der Waals surface area contributed by atoms with Crippen molar-refractivity contribution < 1.29 is 4.74 Å². The summed E-state index contributed by atoms with van der Waals surface area (Å²) in [6, 6.07) is 8.99. The highest BCUT2D eigenvalue weighted by atomic mass is 35.5. The topological polar surface area (TPSA) is 24.5 Å². The Morgan fingerprint density at radius 2 is 2.10 bits per heavy atom. The highest BCUT2D eigenvalue weighted by Crippen LogP contribution is 2.23. The number of nitrogens with one attached hydrogen (secondary N) is 1. The number of benzene rings is 1. The first-order chi connectivity index (χ1) is 8.66. The molecule has 116 valence electrons. The second kappa shape index (κ2) is 9.32. The summed E-state index contributed by atoms with van der Waals surface area (Å²) in [5, 5.41) is 3.42. The van der Waals surface area contributed by atoms with Crippen molar-refractivity contribution >= 4 is 30.5 Å². The molecule has 0 amide bonds. The van der Waals surface area contributed by atoms with Gasteiger partial charge in [-0.25, -0.2) is 0 Å². The molecule has 1 saturated heterocycles. The van der Waals surface area contributed by atoms with Crippen molar-refractivity contribution in [3.05, 3.63) is 24.3 Å².